The van der Waals surface area contributed by atoms with Crippen LogP contribution < -0.4 is 15.8 Å². The number of amides is 1. The molecule has 4 rings (SSSR count). The maximum absolute atomic E-state index is 13.5. The second-order valence-corrected chi connectivity index (χ2v) is 8.37. The third kappa shape index (κ3) is 4.20. The molecule has 158 valence electrons. The first-order valence-corrected chi connectivity index (χ1v) is 10.9. The van der Waals surface area contributed by atoms with Gasteiger partial charge in [0.2, 0.25) is 5.95 Å². The van der Waals surface area contributed by atoms with Crippen LogP contribution in [0.3, 0.4) is 0 Å². The number of nitrogens with one attached hydrogen (secondary N) is 1. The smallest absolute Gasteiger partial charge is 0.273 e. The Kier molecular flexibility index (Phi) is 6.09. The number of thiophene rings is 1. The van der Waals surface area contributed by atoms with Crippen molar-refractivity contribution < 1.29 is 9.59 Å². The first-order valence-electron chi connectivity index (χ1n) is 10.1. The lowest BCUT2D eigenvalue weighted by molar-refractivity contribution is -0.107. The zero-order chi connectivity index (χ0) is 21.8. The fourth-order valence-corrected chi connectivity index (χ4v) is 4.71. The Morgan fingerprint density at radius 2 is 2.03 bits per heavy atom. The van der Waals surface area contributed by atoms with E-state index in [-0.39, 0.29) is 18.6 Å². The van der Waals surface area contributed by atoms with Gasteiger partial charge in [-0.3, -0.25) is 14.2 Å². The van der Waals surface area contributed by atoms with E-state index >= 15 is 0 Å². The number of hydrogen-bond acceptors (Lipinski definition) is 7. The van der Waals surface area contributed by atoms with Crippen LogP contribution in [0.2, 0.25) is 0 Å². The largest absolute Gasteiger partial charge is 0.345 e. The lowest BCUT2D eigenvalue weighted by Crippen LogP contribution is -2.36. The number of piperidine rings is 1. The molecule has 9 heteroatoms. The predicted molar refractivity (Wildman–Crippen MR) is 119 cm³/mol. The number of carbonyl (C=O) groups is 2. The molecule has 1 aromatic carbocycles. The van der Waals surface area contributed by atoms with Crippen molar-refractivity contribution in [1.29, 1.82) is 5.26 Å². The van der Waals surface area contributed by atoms with Crippen molar-refractivity contribution in [2.75, 3.05) is 24.5 Å². The second-order valence-electron chi connectivity index (χ2n) is 7.32. The second kappa shape index (κ2) is 9.10. The van der Waals surface area contributed by atoms with Crippen LogP contribution in [0.4, 0.5) is 5.95 Å². The van der Waals surface area contributed by atoms with Crippen LogP contribution >= 0.6 is 11.3 Å². The monoisotopic (exact) mass is 435 g/mol. The number of benzene rings is 1. The summed E-state index contributed by atoms with van der Waals surface area (Å²) in [6.45, 7) is 1.74. The zero-order valence-electron chi connectivity index (χ0n) is 16.8. The molecule has 3 aromatic rings. The van der Waals surface area contributed by atoms with E-state index in [2.05, 4.69) is 16.3 Å². The van der Waals surface area contributed by atoms with Crippen LogP contribution in [0, 0.1) is 11.3 Å². The number of aromatic nitrogens is 2. The van der Waals surface area contributed by atoms with Crippen molar-refractivity contribution >= 4 is 39.7 Å². The van der Waals surface area contributed by atoms with Crippen molar-refractivity contribution in [3.05, 3.63) is 56.7 Å². The minimum atomic E-state index is -0.407. The van der Waals surface area contributed by atoms with Crippen LogP contribution in [0.1, 0.15) is 40.1 Å². The molecule has 31 heavy (non-hydrogen) atoms. The molecule has 0 radical (unpaired) electrons. The lowest BCUT2D eigenvalue weighted by Gasteiger charge is -2.29. The minimum absolute atomic E-state index is 0.0886. The van der Waals surface area contributed by atoms with Crippen molar-refractivity contribution in [3.63, 3.8) is 0 Å². The minimum Gasteiger partial charge on any atom is -0.345 e. The highest BCUT2D eigenvalue weighted by Crippen LogP contribution is 2.26. The van der Waals surface area contributed by atoms with E-state index in [4.69, 9.17) is 4.98 Å². The van der Waals surface area contributed by atoms with Gasteiger partial charge in [0, 0.05) is 13.1 Å². The SMILES string of the molecule is N#Cc1ccccc1Cn1c(N2CCCCC2)nc2cc(C(=O)NCC=O)sc2c1=O. The summed E-state index contributed by atoms with van der Waals surface area (Å²) in [6, 6.07) is 11.0. The molecule has 1 aliphatic heterocycles. The van der Waals surface area contributed by atoms with Crippen molar-refractivity contribution in [1.82, 2.24) is 14.9 Å². The number of nitriles is 1. The molecule has 0 bridgehead atoms. The van der Waals surface area contributed by atoms with Gasteiger partial charge in [-0.2, -0.15) is 5.26 Å². The summed E-state index contributed by atoms with van der Waals surface area (Å²) in [6.07, 6.45) is 3.79. The molecule has 0 aliphatic carbocycles. The molecular formula is C22H21N5O3S. The fourth-order valence-electron chi connectivity index (χ4n) is 3.75. The number of anilines is 1. The van der Waals surface area contributed by atoms with Gasteiger partial charge in [0.25, 0.3) is 11.5 Å². The molecule has 2 aromatic heterocycles. The Morgan fingerprint density at radius 1 is 1.26 bits per heavy atom. The summed E-state index contributed by atoms with van der Waals surface area (Å²) in [4.78, 5) is 43.5. The van der Waals surface area contributed by atoms with Crippen molar-refractivity contribution in [3.8, 4) is 6.07 Å². The van der Waals surface area contributed by atoms with Gasteiger partial charge >= 0.3 is 0 Å². The first kappa shape index (κ1) is 20.8. The van der Waals surface area contributed by atoms with Crippen LogP contribution in [0.25, 0.3) is 10.2 Å². The van der Waals surface area contributed by atoms with Gasteiger partial charge in [0.15, 0.2) is 0 Å². The molecule has 0 saturated carbocycles. The Hall–Kier alpha value is -3.51. The van der Waals surface area contributed by atoms with Gasteiger partial charge in [-0.15, -0.1) is 11.3 Å². The highest BCUT2D eigenvalue weighted by molar-refractivity contribution is 7.20. The third-order valence-corrected chi connectivity index (χ3v) is 6.40. The van der Waals surface area contributed by atoms with Crippen LogP contribution in [-0.2, 0) is 11.3 Å². The van der Waals surface area contributed by atoms with Gasteiger partial charge in [-0.1, -0.05) is 18.2 Å². The highest BCUT2D eigenvalue weighted by atomic mass is 32.1. The molecule has 0 unspecified atom stereocenters. The maximum Gasteiger partial charge on any atom is 0.273 e. The molecule has 1 saturated heterocycles. The first-order chi connectivity index (χ1) is 15.1. The van der Waals surface area contributed by atoms with E-state index in [0.29, 0.717) is 32.9 Å². The number of fused-ring (bicyclic) bond motifs is 1. The van der Waals surface area contributed by atoms with Crippen molar-refractivity contribution in [2.45, 2.75) is 25.8 Å². The van der Waals surface area contributed by atoms with E-state index in [9.17, 15) is 19.6 Å². The normalized spacial score (nSPS) is 13.7. The molecule has 8 nitrogen and oxygen atoms in total. The molecule has 0 atom stereocenters. The number of aldehydes is 1. The number of hydrogen-bond donors (Lipinski definition) is 1. The van der Waals surface area contributed by atoms with Gasteiger partial charge in [0.1, 0.15) is 11.0 Å². The summed E-state index contributed by atoms with van der Waals surface area (Å²) >= 11 is 1.07. The van der Waals surface area contributed by atoms with E-state index in [0.717, 1.165) is 49.3 Å². The van der Waals surface area contributed by atoms with Crippen LogP contribution in [-0.4, -0.2) is 41.4 Å². The Bertz CT molecular complexity index is 1230. The number of carbonyl (C=O) groups excluding carboxylic acids is 2. The molecule has 3 heterocycles. The molecular weight excluding hydrogens is 414 g/mol. The summed E-state index contributed by atoms with van der Waals surface area (Å²) in [5.74, 6) is 0.151. The maximum atomic E-state index is 13.5. The highest BCUT2D eigenvalue weighted by Gasteiger charge is 2.22. The van der Waals surface area contributed by atoms with Gasteiger partial charge < -0.3 is 15.0 Å². The molecule has 1 aliphatic rings. The molecule has 1 amide bonds. The average Bonchev–Trinajstić information content (AvgIpc) is 3.25. The van der Waals surface area contributed by atoms with Gasteiger partial charge in [-0.05, 0) is 37.0 Å². The topological polar surface area (TPSA) is 108 Å². The third-order valence-electron chi connectivity index (χ3n) is 5.29. The fraction of sp³-hybridized carbons (Fsp3) is 0.318. The van der Waals surface area contributed by atoms with Gasteiger partial charge in [-0.25, -0.2) is 4.98 Å². The predicted octanol–water partition coefficient (Wildman–Crippen LogP) is 2.30. The summed E-state index contributed by atoms with van der Waals surface area (Å²) in [5.41, 5.74) is 1.49. The van der Waals surface area contributed by atoms with Crippen molar-refractivity contribution in [2.24, 2.45) is 0 Å². The summed E-state index contributed by atoms with van der Waals surface area (Å²) in [5, 5.41) is 12.0. The van der Waals surface area contributed by atoms with E-state index < -0.39 is 5.91 Å². The Labute approximate surface area is 182 Å². The van der Waals surface area contributed by atoms with E-state index in [1.807, 2.05) is 12.1 Å². The number of nitrogens with zero attached hydrogens (tertiary/aromatic N) is 4. The summed E-state index contributed by atoms with van der Waals surface area (Å²) < 4.78 is 1.99. The quantitative estimate of drug-likeness (QED) is 0.595. The van der Waals surface area contributed by atoms with E-state index in [1.54, 1.807) is 22.8 Å². The van der Waals surface area contributed by atoms with E-state index in [1.165, 1.54) is 0 Å². The standard InChI is InChI=1S/C22H21N5O3S/c23-13-15-6-2-3-7-16(15)14-27-21(30)19-17(12-18(31-19)20(29)24-8-11-28)25-22(27)26-9-4-1-5-10-26/h2-3,6-7,11-12H,1,4-5,8-10,14H2,(H,24,29). The zero-order valence-corrected chi connectivity index (χ0v) is 17.7. The molecule has 1 fully saturated rings. The molecule has 1 N–H and O–H groups in total. The number of rotatable bonds is 6. The summed E-state index contributed by atoms with van der Waals surface area (Å²) in [7, 11) is 0. The average molecular weight is 436 g/mol. The van der Waals surface area contributed by atoms with Gasteiger partial charge in [0.05, 0.1) is 35.1 Å². The molecule has 0 spiro atoms. The van der Waals surface area contributed by atoms with Crippen LogP contribution in [0.5, 0.6) is 0 Å². The van der Waals surface area contributed by atoms with Crippen LogP contribution in [0.15, 0.2) is 35.1 Å². The lowest BCUT2D eigenvalue weighted by atomic mass is 10.1. The Morgan fingerprint density at radius 3 is 2.77 bits per heavy atom. The Balaban J connectivity index is 1.84.